The van der Waals surface area contributed by atoms with Gasteiger partial charge in [0.15, 0.2) is 5.96 Å². The summed E-state index contributed by atoms with van der Waals surface area (Å²) in [7, 11) is 0. The molecule has 7 nitrogen and oxygen atoms in total. The van der Waals surface area contributed by atoms with Crippen LogP contribution in [0.2, 0.25) is 4.34 Å². The lowest BCUT2D eigenvalue weighted by atomic mass is 10.1. The summed E-state index contributed by atoms with van der Waals surface area (Å²) in [5.41, 5.74) is -0.493. The zero-order valence-corrected chi connectivity index (χ0v) is 17.2. The van der Waals surface area contributed by atoms with Crippen molar-refractivity contribution in [3.05, 3.63) is 21.3 Å². The number of ether oxygens (including phenoxy) is 1. The van der Waals surface area contributed by atoms with E-state index in [9.17, 15) is 9.90 Å². The molecule has 26 heavy (non-hydrogen) atoms. The lowest BCUT2D eigenvalue weighted by Gasteiger charge is -2.40. The van der Waals surface area contributed by atoms with Crippen LogP contribution in [0.1, 0.15) is 38.7 Å². The van der Waals surface area contributed by atoms with E-state index in [-0.39, 0.29) is 18.7 Å². The van der Waals surface area contributed by atoms with E-state index in [1.807, 2.05) is 27.7 Å². The SMILES string of the molecule is CCNC(=NCC(O)c1ccc(Cl)s1)NC1CN(C(=O)OC(C)(C)C)C1. The minimum atomic E-state index is -0.692. The molecule has 0 aromatic carbocycles. The second-order valence-corrected chi connectivity index (χ2v) is 8.85. The van der Waals surface area contributed by atoms with Gasteiger partial charge in [0.2, 0.25) is 0 Å². The van der Waals surface area contributed by atoms with Crippen molar-refractivity contribution in [2.75, 3.05) is 26.2 Å². The van der Waals surface area contributed by atoms with Crippen molar-refractivity contribution < 1.29 is 14.6 Å². The number of halogens is 1. The highest BCUT2D eigenvalue weighted by molar-refractivity contribution is 7.16. The number of nitrogens with zero attached hydrogens (tertiary/aromatic N) is 2. The van der Waals surface area contributed by atoms with Crippen LogP contribution in [-0.2, 0) is 4.74 Å². The molecule has 0 spiro atoms. The average molecular weight is 403 g/mol. The maximum Gasteiger partial charge on any atom is 0.410 e. The van der Waals surface area contributed by atoms with Crippen LogP contribution in [0, 0.1) is 0 Å². The molecule has 1 saturated heterocycles. The summed E-state index contributed by atoms with van der Waals surface area (Å²) in [6.07, 6.45) is -0.995. The molecule has 0 saturated carbocycles. The molecular weight excluding hydrogens is 376 g/mol. The molecule has 2 rings (SSSR count). The third kappa shape index (κ3) is 6.34. The molecule has 0 bridgehead atoms. The van der Waals surface area contributed by atoms with Crippen LogP contribution in [0.4, 0.5) is 4.79 Å². The van der Waals surface area contributed by atoms with Crippen molar-refractivity contribution in [3.8, 4) is 0 Å². The molecule has 9 heteroatoms. The number of hydrogen-bond donors (Lipinski definition) is 3. The summed E-state index contributed by atoms with van der Waals surface area (Å²) in [4.78, 5) is 18.8. The Labute approximate surface area is 163 Å². The predicted octanol–water partition coefficient (Wildman–Crippen LogP) is 2.61. The first-order chi connectivity index (χ1) is 12.2. The first kappa shape index (κ1) is 20.8. The van der Waals surface area contributed by atoms with Crippen molar-refractivity contribution in [1.29, 1.82) is 0 Å². The van der Waals surface area contributed by atoms with E-state index in [0.717, 1.165) is 4.88 Å². The maximum absolute atomic E-state index is 12.0. The van der Waals surface area contributed by atoms with Crippen LogP contribution >= 0.6 is 22.9 Å². The van der Waals surface area contributed by atoms with Gasteiger partial charge >= 0.3 is 6.09 Å². The molecule has 2 heterocycles. The van der Waals surface area contributed by atoms with Crippen molar-refractivity contribution in [1.82, 2.24) is 15.5 Å². The van der Waals surface area contributed by atoms with Crippen LogP contribution in [0.15, 0.2) is 17.1 Å². The van der Waals surface area contributed by atoms with Gasteiger partial charge in [0.25, 0.3) is 0 Å². The Hall–Kier alpha value is -1.51. The summed E-state index contributed by atoms with van der Waals surface area (Å²) >= 11 is 7.24. The zero-order valence-electron chi connectivity index (χ0n) is 15.6. The highest BCUT2D eigenvalue weighted by Gasteiger charge is 2.34. The Bertz CT molecular complexity index is 638. The monoisotopic (exact) mass is 402 g/mol. The number of carbonyl (C=O) groups is 1. The lowest BCUT2D eigenvalue weighted by Crippen LogP contribution is -2.63. The van der Waals surface area contributed by atoms with E-state index < -0.39 is 11.7 Å². The van der Waals surface area contributed by atoms with Gasteiger partial charge in [-0.25, -0.2) is 4.79 Å². The minimum Gasteiger partial charge on any atom is -0.444 e. The number of aliphatic hydroxyl groups is 1. The fourth-order valence-corrected chi connectivity index (χ4v) is 3.37. The molecule has 146 valence electrons. The van der Waals surface area contributed by atoms with Crippen molar-refractivity contribution in [2.45, 2.75) is 45.4 Å². The van der Waals surface area contributed by atoms with Gasteiger partial charge in [0, 0.05) is 24.5 Å². The molecule has 1 fully saturated rings. The average Bonchev–Trinajstić information content (AvgIpc) is 2.92. The molecule has 1 aliphatic heterocycles. The first-order valence-corrected chi connectivity index (χ1v) is 9.83. The smallest absolute Gasteiger partial charge is 0.410 e. The summed E-state index contributed by atoms with van der Waals surface area (Å²) in [6, 6.07) is 3.67. The molecule has 1 aromatic heterocycles. The molecule has 1 aliphatic rings. The highest BCUT2D eigenvalue weighted by atomic mass is 35.5. The number of carbonyl (C=O) groups excluding carboxylic acids is 1. The summed E-state index contributed by atoms with van der Waals surface area (Å²) in [5.74, 6) is 0.614. The summed E-state index contributed by atoms with van der Waals surface area (Å²) < 4.78 is 5.99. The van der Waals surface area contributed by atoms with Crippen molar-refractivity contribution in [2.24, 2.45) is 4.99 Å². The van der Waals surface area contributed by atoms with Crippen LogP contribution in [0.3, 0.4) is 0 Å². The topological polar surface area (TPSA) is 86.2 Å². The van der Waals surface area contributed by atoms with Crippen LogP contribution in [0.5, 0.6) is 0 Å². The van der Waals surface area contributed by atoms with Crippen LogP contribution < -0.4 is 10.6 Å². The van der Waals surface area contributed by atoms with E-state index in [1.54, 1.807) is 17.0 Å². The van der Waals surface area contributed by atoms with Gasteiger partial charge < -0.3 is 25.4 Å². The van der Waals surface area contributed by atoms with Gasteiger partial charge in [-0.1, -0.05) is 11.6 Å². The molecule has 1 amide bonds. The van der Waals surface area contributed by atoms with Gasteiger partial charge in [-0.15, -0.1) is 11.3 Å². The third-order valence-electron chi connectivity index (χ3n) is 3.56. The van der Waals surface area contributed by atoms with Gasteiger partial charge in [-0.05, 0) is 39.8 Å². The van der Waals surface area contributed by atoms with E-state index in [0.29, 0.717) is 29.9 Å². The zero-order chi connectivity index (χ0) is 19.3. The number of aliphatic imine (C=N–C) groups is 1. The minimum absolute atomic E-state index is 0.105. The second kappa shape index (κ2) is 8.92. The Morgan fingerprint density at radius 1 is 1.50 bits per heavy atom. The Morgan fingerprint density at radius 2 is 2.19 bits per heavy atom. The molecular formula is C17H27ClN4O3S. The molecule has 3 N–H and O–H groups in total. The fourth-order valence-electron chi connectivity index (χ4n) is 2.33. The van der Waals surface area contributed by atoms with Crippen LogP contribution in [-0.4, -0.2) is 59.9 Å². The van der Waals surface area contributed by atoms with Gasteiger partial charge in [-0.2, -0.15) is 0 Å². The second-order valence-electron chi connectivity index (χ2n) is 7.10. The quantitative estimate of drug-likeness (QED) is 0.520. The fraction of sp³-hybridized carbons (Fsp3) is 0.647. The molecule has 0 radical (unpaired) electrons. The number of thiophene rings is 1. The van der Waals surface area contributed by atoms with E-state index >= 15 is 0 Å². The van der Waals surface area contributed by atoms with Crippen molar-refractivity contribution >= 4 is 35.0 Å². The first-order valence-electron chi connectivity index (χ1n) is 8.64. The Morgan fingerprint density at radius 3 is 2.73 bits per heavy atom. The normalized spacial score (nSPS) is 16.8. The number of hydrogen-bond acceptors (Lipinski definition) is 5. The Balaban J connectivity index is 1.82. The van der Waals surface area contributed by atoms with Gasteiger partial charge in [0.1, 0.15) is 11.7 Å². The molecule has 0 aliphatic carbocycles. The molecule has 1 aromatic rings. The van der Waals surface area contributed by atoms with E-state index in [2.05, 4.69) is 15.6 Å². The largest absolute Gasteiger partial charge is 0.444 e. The number of likely N-dealkylation sites (tertiary alicyclic amines) is 1. The highest BCUT2D eigenvalue weighted by Crippen LogP contribution is 2.26. The number of aliphatic hydroxyl groups excluding tert-OH is 1. The van der Waals surface area contributed by atoms with Crippen LogP contribution in [0.25, 0.3) is 0 Å². The summed E-state index contributed by atoms with van der Waals surface area (Å²) in [5, 5.41) is 16.6. The third-order valence-corrected chi connectivity index (χ3v) is 4.90. The van der Waals surface area contributed by atoms with E-state index in [1.165, 1.54) is 11.3 Å². The van der Waals surface area contributed by atoms with E-state index in [4.69, 9.17) is 16.3 Å². The van der Waals surface area contributed by atoms with Gasteiger partial charge in [-0.3, -0.25) is 4.99 Å². The lowest BCUT2D eigenvalue weighted by molar-refractivity contribution is 0.00700. The van der Waals surface area contributed by atoms with Crippen molar-refractivity contribution in [3.63, 3.8) is 0 Å². The maximum atomic E-state index is 12.0. The number of guanidine groups is 1. The molecule has 1 unspecified atom stereocenters. The Kier molecular flexibility index (Phi) is 7.14. The number of nitrogens with one attached hydrogen (secondary N) is 2. The molecule has 1 atom stereocenters. The number of amides is 1. The standard InChI is InChI=1S/C17H27ClN4O3S/c1-5-19-15(20-8-12(23)13-6-7-14(18)26-13)21-11-9-22(10-11)16(24)25-17(2,3)4/h6-7,11-12,23H,5,8-10H2,1-4H3,(H2,19,20,21). The summed E-state index contributed by atoms with van der Waals surface area (Å²) in [6.45, 7) is 9.57. The van der Waals surface area contributed by atoms with Gasteiger partial charge in [0.05, 0.1) is 16.9 Å². The number of rotatable bonds is 5. The predicted molar refractivity (Wildman–Crippen MR) is 105 cm³/mol.